The van der Waals surface area contributed by atoms with Gasteiger partial charge in [-0.05, 0) is 205 Å². The second-order valence-corrected chi connectivity index (χ2v) is 45.4. The molecule has 0 radical (unpaired) electrons. The number of phosphoric ester groups is 4. The van der Waals surface area contributed by atoms with E-state index in [0.29, 0.717) is 31.4 Å². The van der Waals surface area contributed by atoms with Gasteiger partial charge in [0.15, 0.2) is 0 Å². The number of hydrogen-bond donors (Lipinski definition) is 8. The van der Waals surface area contributed by atoms with Gasteiger partial charge in [0.1, 0.15) is 46.5 Å². The van der Waals surface area contributed by atoms with E-state index < -0.39 is 122 Å². The van der Waals surface area contributed by atoms with Crippen molar-refractivity contribution in [2.75, 3.05) is 87.5 Å². The molecule has 0 aliphatic rings. The van der Waals surface area contributed by atoms with E-state index in [0.717, 1.165) is 47.0 Å². The maximum Gasteiger partial charge on any atom is 1.00 e. The van der Waals surface area contributed by atoms with Crippen LogP contribution in [-0.2, 0) is 95.6 Å². The molecule has 144 heavy (non-hydrogen) atoms. The molecule has 42 nitrogen and oxygen atoms in total. The number of benzene rings is 4. The number of anilines is 8. The molecule has 4 amide bonds. The number of hydrogen-bond acceptors (Lipinski definition) is 34. The van der Waals surface area contributed by atoms with Gasteiger partial charge in [-0.25, -0.2) is 60.0 Å². The summed E-state index contributed by atoms with van der Waals surface area (Å²) in [6.45, 7) is 37.2. The van der Waals surface area contributed by atoms with Crippen LogP contribution in [0.25, 0.3) is 0 Å². The van der Waals surface area contributed by atoms with Crippen LogP contribution >= 0.6 is 31.3 Å². The Kier molecular flexibility index (Phi) is 69.4. The van der Waals surface area contributed by atoms with Crippen LogP contribution in [0.2, 0.25) is 0 Å². The summed E-state index contributed by atoms with van der Waals surface area (Å²) in [6.07, 6.45) is 17.0. The van der Waals surface area contributed by atoms with Crippen LogP contribution in [-0.4, -0.2) is 190 Å². The molecule has 0 spiro atoms. The van der Waals surface area contributed by atoms with Crippen molar-refractivity contribution in [3.63, 3.8) is 0 Å². The number of carbonyl (C=O) groups is 4. The van der Waals surface area contributed by atoms with Gasteiger partial charge in [-0.15, -0.1) is 0 Å². The third-order valence-corrected chi connectivity index (χ3v) is 28.1. The first-order chi connectivity index (χ1) is 65.3. The first kappa shape index (κ1) is 142. The van der Waals surface area contributed by atoms with Gasteiger partial charge in [0, 0.05) is 98.0 Å². The molecule has 0 saturated heterocycles. The molecule has 780 valence electrons. The first-order valence-electron chi connectivity index (χ1n) is 44.8. The SMILES string of the molecule is CCCCN(CCCC)CCCC.CCN(CC)CC.Cc1cccc(Nc2ccncc2S(=O)(=O)N(COP(=O)(O)O)C(=O)CC(C)C)c1.Cc1cccc(Nc2ccncc2S(=O)(=O)N(COP(=O)(O)O)C(=O)CC(C)C)c1.Cc1cccc(Nc2ccncc2S(=O)(=O)N(COP(=O)([O-])[O-])C(=O)CC(C)C)c1.Cc1cccc(Nc2ccncc2S(=O)(=O)N(COP(=O)([O-])[O-])C(=O)CC(C)C)c1.[K+].[K+].[Na+].[Na+]. The van der Waals surface area contributed by atoms with Gasteiger partial charge in [0.2, 0.25) is 23.6 Å². The van der Waals surface area contributed by atoms with E-state index >= 15 is 0 Å². The molecule has 0 fully saturated rings. The van der Waals surface area contributed by atoms with Gasteiger partial charge in [-0.2, -0.15) is 0 Å². The van der Waals surface area contributed by atoms with Crippen molar-refractivity contribution >= 4 is 141 Å². The number of rotatable bonds is 48. The van der Waals surface area contributed by atoms with Gasteiger partial charge < -0.3 is 88.4 Å². The van der Waals surface area contributed by atoms with Crippen molar-refractivity contribution in [2.45, 2.75) is 208 Å². The molecule has 0 saturated carbocycles. The van der Waals surface area contributed by atoms with E-state index in [1.807, 2.05) is 52.0 Å². The molecular weight excluding hydrogens is 2100 g/mol. The molecule has 8 N–H and O–H groups in total. The summed E-state index contributed by atoms with van der Waals surface area (Å²) in [5, 5.41) is 11.9. The molecule has 8 aromatic rings. The minimum Gasteiger partial charge on any atom is -0.790 e. The molecule has 0 aliphatic carbocycles. The Morgan fingerprint density at radius 3 is 0.708 bits per heavy atom. The zero-order valence-electron chi connectivity index (χ0n) is 86.1. The van der Waals surface area contributed by atoms with E-state index in [9.17, 15) is 90.7 Å². The van der Waals surface area contributed by atoms with E-state index in [1.165, 1.54) is 127 Å². The fourth-order valence-electron chi connectivity index (χ4n) is 12.3. The van der Waals surface area contributed by atoms with Gasteiger partial charge >= 0.3 is 178 Å². The number of nitrogens with zero attached hydrogens (tertiary/aromatic N) is 10. The van der Waals surface area contributed by atoms with Crippen molar-refractivity contribution in [3.8, 4) is 0 Å². The van der Waals surface area contributed by atoms with E-state index in [-0.39, 0.29) is 262 Å². The minimum absolute atomic E-state index is 0. The summed E-state index contributed by atoms with van der Waals surface area (Å²) >= 11 is 0. The molecule has 0 atom stereocenters. The summed E-state index contributed by atoms with van der Waals surface area (Å²) in [6, 6.07) is 34.3. The van der Waals surface area contributed by atoms with Crippen LogP contribution in [0.4, 0.5) is 45.5 Å². The smallest absolute Gasteiger partial charge is 0.790 e. The number of sulfonamides is 4. The Labute approximate surface area is 978 Å². The van der Waals surface area contributed by atoms with Crippen LogP contribution in [0.5, 0.6) is 0 Å². The Balaban J connectivity index is 0. The van der Waals surface area contributed by atoms with Crippen molar-refractivity contribution in [1.82, 2.24) is 47.0 Å². The number of aryl methyl sites for hydroxylation is 4. The average molecular weight is 2240 g/mol. The zero-order chi connectivity index (χ0) is 106. The van der Waals surface area contributed by atoms with E-state index in [1.54, 1.807) is 128 Å². The quantitative estimate of drug-likeness (QED) is 0.0152. The maximum atomic E-state index is 13.2. The van der Waals surface area contributed by atoms with Crippen LogP contribution in [0, 0.1) is 51.4 Å². The van der Waals surface area contributed by atoms with Crippen molar-refractivity contribution in [2.24, 2.45) is 23.7 Å². The fourth-order valence-corrected chi connectivity index (χ4v) is 19.1. The second kappa shape index (κ2) is 70.3. The van der Waals surface area contributed by atoms with Gasteiger partial charge in [-0.3, -0.25) is 48.2 Å². The van der Waals surface area contributed by atoms with Crippen LogP contribution in [0.1, 0.15) is 183 Å². The topological polar surface area (TPSA) is 602 Å². The molecule has 0 aliphatic heterocycles. The minimum atomic E-state index is -5.52. The summed E-state index contributed by atoms with van der Waals surface area (Å²) < 4.78 is 168. The van der Waals surface area contributed by atoms with Crippen LogP contribution < -0.4 is 203 Å². The van der Waals surface area contributed by atoms with E-state index in [4.69, 9.17) is 19.6 Å². The fraction of sp³-hybridized carbons (Fsp3) is 0.467. The molecule has 4 heterocycles. The summed E-state index contributed by atoms with van der Waals surface area (Å²) in [5.74, 6) is -4.37. The Morgan fingerprint density at radius 2 is 0.549 bits per heavy atom. The van der Waals surface area contributed by atoms with Gasteiger partial charge in [0.05, 0.1) is 38.4 Å². The number of aromatic nitrogens is 4. The maximum absolute atomic E-state index is 13.2. The molecule has 8 rings (SSSR count). The Morgan fingerprint density at radius 1 is 0.347 bits per heavy atom. The number of carbonyl (C=O) groups excluding carboxylic acids is 4. The van der Waals surface area contributed by atoms with Crippen LogP contribution in [0.3, 0.4) is 0 Å². The Hall–Kier alpha value is -4.01. The number of unbranched alkanes of at least 4 members (excludes halogenated alkanes) is 3. The zero-order valence-corrected chi connectivity index (χ0v) is 103. The van der Waals surface area contributed by atoms with E-state index in [2.05, 4.69) is 111 Å². The first-order valence-corrected chi connectivity index (χ1v) is 56.5. The predicted octanol–water partition coefficient (Wildman–Crippen LogP) is 1.58. The molecule has 54 heteroatoms. The largest absolute Gasteiger partial charge is 1.00 e. The van der Waals surface area contributed by atoms with Crippen molar-refractivity contribution in [3.05, 3.63) is 193 Å². The summed E-state index contributed by atoms with van der Waals surface area (Å²) in [4.78, 5) is 148. The van der Waals surface area contributed by atoms with Crippen molar-refractivity contribution in [1.29, 1.82) is 0 Å². The number of nitrogens with one attached hydrogen (secondary N) is 4. The normalized spacial score (nSPS) is 11.6. The number of phosphoric acid groups is 4. The third-order valence-electron chi connectivity index (χ3n) is 19.2. The van der Waals surface area contributed by atoms with Gasteiger partial charge in [0.25, 0.3) is 40.1 Å². The molecular formula is C90H134K2N14Na2O28P4S4. The Bertz CT molecular complexity index is 5270. The van der Waals surface area contributed by atoms with Gasteiger partial charge in [-0.1, -0.05) is 165 Å². The second-order valence-electron chi connectivity index (χ2n) is 33.3. The molecule has 0 bridgehead atoms. The summed E-state index contributed by atoms with van der Waals surface area (Å²) in [7, 11) is -39.3. The average Bonchev–Trinajstić information content (AvgIpc) is 0.795. The molecule has 0 unspecified atom stereocenters. The van der Waals surface area contributed by atoms with Crippen molar-refractivity contribution < 1.29 is 290 Å². The molecule has 4 aromatic carbocycles. The predicted molar refractivity (Wildman–Crippen MR) is 526 cm³/mol. The monoisotopic (exact) mass is 2230 g/mol. The molecule has 4 aromatic heterocycles. The standard InChI is InChI=1S/4C18H24N3O7PS.C12H27N.C6H15N.2K.2Na/c4*1-13(2)9-18(22)21(12-28-29(23,24)25)30(26,27)17-11-19-8-7-16(17)20-15-6-4-5-14(3)10-15;1-4-7-10-13(11-8-5-2)12-9-6-3;1-4-7(5-2)6-3;;;;/h4*4-8,10-11,13H,9,12H2,1-3H3,(H,19,20)(H2,23,24,25);4-12H2,1-3H3;4-6H2,1-3H3;;;;/q;;;;;;4*+1/p-4. The number of pyridine rings is 4. The van der Waals surface area contributed by atoms with Crippen LogP contribution in [0.15, 0.2) is 190 Å². The third kappa shape index (κ3) is 54.5. The summed E-state index contributed by atoms with van der Waals surface area (Å²) in [5.41, 5.74) is 6.71. The number of amides is 4.